The van der Waals surface area contributed by atoms with E-state index in [1.807, 2.05) is 43.3 Å². The molecule has 1 aromatic carbocycles. The highest BCUT2D eigenvalue weighted by Gasteiger charge is 2.74. The Labute approximate surface area is 222 Å². The van der Waals surface area contributed by atoms with Crippen molar-refractivity contribution in [3.8, 4) is 6.07 Å². The van der Waals surface area contributed by atoms with Crippen LogP contribution in [0.5, 0.6) is 0 Å². The smallest absolute Gasteiger partial charge is 0.255 e. The second-order valence-electron chi connectivity index (χ2n) is 12.8. The lowest BCUT2D eigenvalue weighted by atomic mass is 9.49. The topological polar surface area (TPSA) is 110 Å². The highest BCUT2D eigenvalue weighted by Crippen LogP contribution is 2.72. The van der Waals surface area contributed by atoms with Crippen molar-refractivity contribution in [3.05, 3.63) is 64.1 Å². The van der Waals surface area contributed by atoms with Crippen LogP contribution < -0.4 is 5.56 Å². The van der Waals surface area contributed by atoms with Crippen LogP contribution in [0.1, 0.15) is 51.0 Å². The van der Waals surface area contributed by atoms with E-state index < -0.39 is 28.8 Å². The van der Waals surface area contributed by atoms with Gasteiger partial charge in [0.25, 0.3) is 5.56 Å². The standard InChI is InChI=1S/C31H35N3O4/c1-28-9-10-29(17-32)15-22-25(35)26(36)23(34(2)3)16-30(22)11-12-31(29,38-30)24(28)7-6-21(28)19-5-4-18-8-13-33-27(37)20(18)14-19/h4-6,8,13-15,23-26,35-36H,7,9-12,16H2,1-3H3,(H,33,37)/t23-,24?,25+,26+,28+,29?,30+,31-/m0/s1. The van der Waals surface area contributed by atoms with Crippen molar-refractivity contribution in [2.45, 2.75) is 74.9 Å². The largest absolute Gasteiger partial charge is 0.388 e. The number of nitriles is 1. The molecule has 0 radical (unpaired) electrons. The molecule has 198 valence electrons. The normalized spacial score (nSPS) is 43.2. The molecule has 2 spiro atoms. The summed E-state index contributed by atoms with van der Waals surface area (Å²) in [5, 5.41) is 34.6. The number of aromatic amines is 1. The Kier molecular flexibility index (Phi) is 4.90. The first-order valence-corrected chi connectivity index (χ1v) is 13.8. The number of ether oxygens (including phenoxy) is 1. The number of aliphatic hydroxyl groups excluding tert-OH is 2. The number of hydrogen-bond acceptors (Lipinski definition) is 6. The van der Waals surface area contributed by atoms with Crippen molar-refractivity contribution in [3.63, 3.8) is 0 Å². The van der Waals surface area contributed by atoms with Gasteiger partial charge >= 0.3 is 0 Å². The molecular formula is C31H35N3O4. The molecule has 3 heterocycles. The van der Waals surface area contributed by atoms with Gasteiger partial charge in [-0.2, -0.15) is 5.26 Å². The molecule has 2 saturated carbocycles. The molecule has 5 aliphatic rings. The van der Waals surface area contributed by atoms with Gasteiger partial charge in [0.2, 0.25) is 0 Å². The fourth-order valence-corrected chi connectivity index (χ4v) is 9.04. The zero-order valence-corrected chi connectivity index (χ0v) is 22.2. The molecule has 8 atom stereocenters. The second-order valence-corrected chi connectivity index (χ2v) is 12.8. The fraction of sp³-hybridized carbons (Fsp3) is 0.548. The van der Waals surface area contributed by atoms with Crippen LogP contribution in [0.15, 0.2) is 53.0 Å². The van der Waals surface area contributed by atoms with E-state index in [9.17, 15) is 20.3 Å². The van der Waals surface area contributed by atoms with Gasteiger partial charge in [-0.05, 0) is 92.3 Å². The van der Waals surface area contributed by atoms with Crippen molar-refractivity contribution in [1.82, 2.24) is 9.88 Å². The molecule has 3 N–H and O–H groups in total. The summed E-state index contributed by atoms with van der Waals surface area (Å²) in [5.74, 6) is 0.0992. The number of nitrogens with zero attached hydrogens (tertiary/aromatic N) is 2. The van der Waals surface area contributed by atoms with Crippen LogP contribution in [-0.2, 0) is 4.74 Å². The first-order chi connectivity index (χ1) is 18.1. The third-order valence-electron chi connectivity index (χ3n) is 11.0. The van der Waals surface area contributed by atoms with Gasteiger partial charge in [-0.25, -0.2) is 0 Å². The van der Waals surface area contributed by atoms with E-state index >= 15 is 0 Å². The summed E-state index contributed by atoms with van der Waals surface area (Å²) >= 11 is 0. The van der Waals surface area contributed by atoms with Crippen LogP contribution in [-0.4, -0.2) is 63.6 Å². The molecule has 3 aliphatic carbocycles. The average molecular weight is 514 g/mol. The van der Waals surface area contributed by atoms with E-state index in [1.54, 1.807) is 6.20 Å². The van der Waals surface area contributed by atoms with Gasteiger partial charge < -0.3 is 24.8 Å². The molecule has 3 fully saturated rings. The summed E-state index contributed by atoms with van der Waals surface area (Å²) in [5.41, 5.74) is 0.537. The molecule has 2 unspecified atom stereocenters. The van der Waals surface area contributed by atoms with Gasteiger partial charge in [0.1, 0.15) is 11.5 Å². The first kappa shape index (κ1) is 24.3. The lowest BCUT2D eigenvalue weighted by Crippen LogP contribution is -2.66. The summed E-state index contributed by atoms with van der Waals surface area (Å²) in [6.07, 6.45) is 8.38. The highest BCUT2D eigenvalue weighted by molar-refractivity contribution is 5.87. The van der Waals surface area contributed by atoms with Gasteiger partial charge in [-0.3, -0.25) is 4.79 Å². The van der Waals surface area contributed by atoms with Crippen molar-refractivity contribution in [2.75, 3.05) is 14.1 Å². The maximum Gasteiger partial charge on any atom is 0.255 e. The maximum absolute atomic E-state index is 12.6. The summed E-state index contributed by atoms with van der Waals surface area (Å²) in [6, 6.07) is 10.5. The molecule has 2 aliphatic heterocycles. The van der Waals surface area contributed by atoms with Crippen molar-refractivity contribution < 1.29 is 14.9 Å². The first-order valence-electron chi connectivity index (χ1n) is 13.8. The molecule has 7 heteroatoms. The number of likely N-dealkylation sites (N-methyl/N-ethyl adjacent to an activating group) is 1. The number of nitrogens with one attached hydrogen (secondary N) is 1. The Balaban J connectivity index is 1.33. The number of hydrogen-bond donors (Lipinski definition) is 3. The number of fused-ring (bicyclic) bond motifs is 2. The Bertz CT molecular complexity index is 1520. The van der Waals surface area contributed by atoms with E-state index in [0.717, 1.165) is 36.6 Å². The Morgan fingerprint density at radius 2 is 1.97 bits per heavy atom. The lowest BCUT2D eigenvalue weighted by molar-refractivity contribution is -0.223. The molecule has 7 rings (SSSR count). The minimum atomic E-state index is -1.04. The third kappa shape index (κ3) is 2.79. The van der Waals surface area contributed by atoms with Gasteiger partial charge in [0, 0.05) is 23.5 Å². The predicted molar refractivity (Wildman–Crippen MR) is 144 cm³/mol. The van der Waals surface area contributed by atoms with Gasteiger partial charge in [0.15, 0.2) is 0 Å². The number of H-pyrrole nitrogens is 1. The number of aromatic nitrogens is 1. The molecule has 1 aromatic heterocycles. The zero-order chi connectivity index (χ0) is 26.7. The summed E-state index contributed by atoms with van der Waals surface area (Å²) in [4.78, 5) is 17.3. The molecule has 2 aromatic rings. The van der Waals surface area contributed by atoms with Crippen LogP contribution in [0, 0.1) is 28.1 Å². The monoisotopic (exact) mass is 513 g/mol. The van der Waals surface area contributed by atoms with E-state index in [4.69, 9.17) is 4.74 Å². The van der Waals surface area contributed by atoms with E-state index in [1.165, 1.54) is 5.57 Å². The van der Waals surface area contributed by atoms with Crippen LogP contribution >= 0.6 is 0 Å². The number of rotatable bonds is 2. The fourth-order valence-electron chi connectivity index (χ4n) is 9.04. The highest BCUT2D eigenvalue weighted by atomic mass is 16.5. The Morgan fingerprint density at radius 3 is 2.74 bits per heavy atom. The lowest BCUT2D eigenvalue weighted by Gasteiger charge is -2.61. The molecular weight excluding hydrogens is 478 g/mol. The van der Waals surface area contributed by atoms with Crippen LogP contribution in [0.25, 0.3) is 16.3 Å². The van der Waals surface area contributed by atoms with Crippen molar-refractivity contribution in [1.29, 1.82) is 5.26 Å². The summed E-state index contributed by atoms with van der Waals surface area (Å²) in [6.45, 7) is 2.31. The van der Waals surface area contributed by atoms with E-state index in [-0.39, 0.29) is 22.9 Å². The van der Waals surface area contributed by atoms with Crippen LogP contribution in [0.2, 0.25) is 0 Å². The van der Waals surface area contributed by atoms with E-state index in [2.05, 4.69) is 30.1 Å². The maximum atomic E-state index is 12.6. The molecule has 1 saturated heterocycles. The number of allylic oxidation sites excluding steroid dienone is 2. The number of pyridine rings is 1. The van der Waals surface area contributed by atoms with Gasteiger partial charge in [-0.15, -0.1) is 0 Å². The predicted octanol–water partition coefficient (Wildman–Crippen LogP) is 3.53. The average Bonchev–Trinajstić information content (AvgIpc) is 3.43. The molecule has 0 amide bonds. The molecule has 7 nitrogen and oxygen atoms in total. The minimum Gasteiger partial charge on any atom is -0.388 e. The van der Waals surface area contributed by atoms with Gasteiger partial charge in [0.05, 0.1) is 23.4 Å². The van der Waals surface area contributed by atoms with Gasteiger partial charge in [-0.1, -0.05) is 31.2 Å². The third-order valence-corrected chi connectivity index (χ3v) is 11.0. The van der Waals surface area contributed by atoms with Crippen molar-refractivity contribution in [2.24, 2.45) is 16.7 Å². The van der Waals surface area contributed by atoms with Crippen molar-refractivity contribution >= 4 is 16.3 Å². The number of aliphatic hydroxyl groups is 2. The van der Waals surface area contributed by atoms with E-state index in [0.29, 0.717) is 23.8 Å². The summed E-state index contributed by atoms with van der Waals surface area (Å²) < 4.78 is 7.25. The quantitative estimate of drug-likeness (QED) is 0.530. The minimum absolute atomic E-state index is 0.0881. The second kappa shape index (κ2) is 7.67. The molecule has 38 heavy (non-hydrogen) atoms. The Hall–Kier alpha value is -2.76. The summed E-state index contributed by atoms with van der Waals surface area (Å²) in [7, 11) is 3.86. The zero-order valence-electron chi connectivity index (χ0n) is 22.2. The Morgan fingerprint density at radius 1 is 1.16 bits per heavy atom. The number of benzene rings is 1. The SMILES string of the molecule is CN(C)[C@H]1C[C@@]23CC[C@]4(O2)C2CC=C(c5ccc6cc[nH]c(=O)c6c5)[C@@]2(C)CCC4(C#N)C=C3[C@@H](O)[C@@H]1O. The van der Waals surface area contributed by atoms with Crippen LogP contribution in [0.3, 0.4) is 0 Å². The van der Waals surface area contributed by atoms with Crippen LogP contribution in [0.4, 0.5) is 0 Å². The molecule has 2 bridgehead atoms.